The van der Waals surface area contributed by atoms with Gasteiger partial charge in [0, 0.05) is 5.75 Å². The van der Waals surface area contributed by atoms with E-state index >= 15 is 0 Å². The highest BCUT2D eigenvalue weighted by molar-refractivity contribution is 7.99. The van der Waals surface area contributed by atoms with Crippen LogP contribution in [0.4, 0.5) is 0 Å². The number of aliphatic hydroxyl groups excluding tert-OH is 1. The van der Waals surface area contributed by atoms with Crippen molar-refractivity contribution in [2.45, 2.75) is 45.1 Å². The molecule has 6 heteroatoms. The predicted octanol–water partition coefficient (Wildman–Crippen LogP) is 2.76. The topological polar surface area (TPSA) is 60.2 Å². The van der Waals surface area contributed by atoms with E-state index in [9.17, 15) is 5.11 Å². The van der Waals surface area contributed by atoms with Gasteiger partial charge in [-0.15, -0.1) is 10.2 Å². The SMILES string of the molecule is Cc1ccccc1-n1c(C)nnc1SCC(O)COC(C)C. The molecule has 1 atom stereocenters. The fourth-order valence-electron chi connectivity index (χ4n) is 2.05. The second-order valence-electron chi connectivity index (χ2n) is 5.50. The van der Waals surface area contributed by atoms with Crippen LogP contribution in [0.15, 0.2) is 29.4 Å². The molecule has 0 saturated carbocycles. The Kier molecular flexibility index (Phi) is 5.99. The molecule has 120 valence electrons. The van der Waals surface area contributed by atoms with Gasteiger partial charge in [0.15, 0.2) is 5.16 Å². The number of hydrogen-bond acceptors (Lipinski definition) is 5. The third-order valence-corrected chi connectivity index (χ3v) is 4.25. The molecule has 0 fully saturated rings. The first-order valence-electron chi connectivity index (χ1n) is 7.39. The van der Waals surface area contributed by atoms with Crippen molar-refractivity contribution in [3.8, 4) is 5.69 Å². The van der Waals surface area contributed by atoms with Crippen LogP contribution < -0.4 is 0 Å². The largest absolute Gasteiger partial charge is 0.390 e. The van der Waals surface area contributed by atoms with E-state index in [-0.39, 0.29) is 6.10 Å². The molecule has 0 amide bonds. The van der Waals surface area contributed by atoms with Crippen molar-refractivity contribution in [3.63, 3.8) is 0 Å². The van der Waals surface area contributed by atoms with Crippen LogP contribution in [-0.2, 0) is 4.74 Å². The lowest BCUT2D eigenvalue weighted by Gasteiger charge is -2.14. The summed E-state index contributed by atoms with van der Waals surface area (Å²) in [6.45, 7) is 8.24. The van der Waals surface area contributed by atoms with E-state index in [0.29, 0.717) is 12.4 Å². The van der Waals surface area contributed by atoms with Gasteiger partial charge in [0.05, 0.1) is 24.5 Å². The lowest BCUT2D eigenvalue weighted by Crippen LogP contribution is -2.20. The predicted molar refractivity (Wildman–Crippen MR) is 88.7 cm³/mol. The first-order valence-corrected chi connectivity index (χ1v) is 8.38. The molecule has 0 aliphatic heterocycles. The number of ether oxygens (including phenoxy) is 1. The minimum Gasteiger partial charge on any atom is -0.390 e. The van der Waals surface area contributed by atoms with Crippen molar-refractivity contribution in [2.75, 3.05) is 12.4 Å². The summed E-state index contributed by atoms with van der Waals surface area (Å²) in [4.78, 5) is 0. The van der Waals surface area contributed by atoms with E-state index in [1.807, 2.05) is 43.5 Å². The molecule has 0 aliphatic carbocycles. The first kappa shape index (κ1) is 17.0. The Morgan fingerprint density at radius 1 is 1.23 bits per heavy atom. The Labute approximate surface area is 135 Å². The molecule has 1 aromatic carbocycles. The van der Waals surface area contributed by atoms with Gasteiger partial charge in [-0.05, 0) is 39.3 Å². The van der Waals surface area contributed by atoms with Crippen molar-refractivity contribution < 1.29 is 9.84 Å². The third kappa shape index (κ3) is 4.32. The minimum atomic E-state index is -0.519. The van der Waals surface area contributed by atoms with Gasteiger partial charge in [-0.1, -0.05) is 30.0 Å². The Morgan fingerprint density at radius 3 is 2.64 bits per heavy atom. The van der Waals surface area contributed by atoms with Gasteiger partial charge in [-0.25, -0.2) is 0 Å². The van der Waals surface area contributed by atoms with E-state index in [2.05, 4.69) is 23.2 Å². The molecule has 22 heavy (non-hydrogen) atoms. The highest BCUT2D eigenvalue weighted by Crippen LogP contribution is 2.24. The van der Waals surface area contributed by atoms with E-state index in [1.54, 1.807) is 0 Å². The van der Waals surface area contributed by atoms with Crippen molar-refractivity contribution in [3.05, 3.63) is 35.7 Å². The fourth-order valence-corrected chi connectivity index (χ4v) is 2.95. The summed E-state index contributed by atoms with van der Waals surface area (Å²) in [6.07, 6.45) is -0.396. The van der Waals surface area contributed by atoms with Crippen molar-refractivity contribution >= 4 is 11.8 Å². The molecule has 1 N–H and O–H groups in total. The zero-order chi connectivity index (χ0) is 16.1. The average molecular weight is 321 g/mol. The van der Waals surface area contributed by atoms with Gasteiger partial charge in [-0.2, -0.15) is 0 Å². The Hall–Kier alpha value is -1.37. The Morgan fingerprint density at radius 2 is 1.95 bits per heavy atom. The standard InChI is InChI=1S/C16H23N3O2S/c1-11(2)21-9-14(20)10-22-16-18-17-13(4)19(16)15-8-6-5-7-12(15)3/h5-8,11,14,20H,9-10H2,1-4H3. The van der Waals surface area contributed by atoms with Crippen molar-refractivity contribution in [1.82, 2.24) is 14.8 Å². The molecule has 2 aromatic rings. The molecule has 0 spiro atoms. The van der Waals surface area contributed by atoms with Crippen LogP contribution in [0.3, 0.4) is 0 Å². The number of nitrogens with zero attached hydrogens (tertiary/aromatic N) is 3. The van der Waals surface area contributed by atoms with Gasteiger partial charge < -0.3 is 9.84 Å². The molecule has 1 aromatic heterocycles. The normalized spacial score (nSPS) is 12.8. The van der Waals surface area contributed by atoms with Crippen molar-refractivity contribution in [1.29, 1.82) is 0 Å². The van der Waals surface area contributed by atoms with Crippen LogP contribution >= 0.6 is 11.8 Å². The molecule has 0 aliphatic rings. The van der Waals surface area contributed by atoms with Crippen LogP contribution in [-0.4, -0.2) is 44.4 Å². The molecular weight excluding hydrogens is 298 g/mol. The number of hydrogen-bond donors (Lipinski definition) is 1. The lowest BCUT2D eigenvalue weighted by molar-refractivity contribution is 0.0152. The number of para-hydroxylation sites is 1. The number of aliphatic hydroxyl groups is 1. The van der Waals surface area contributed by atoms with E-state index in [1.165, 1.54) is 11.8 Å². The second-order valence-corrected chi connectivity index (χ2v) is 6.49. The minimum absolute atomic E-state index is 0.123. The molecule has 1 unspecified atom stereocenters. The number of aryl methyl sites for hydroxylation is 2. The zero-order valence-corrected chi connectivity index (χ0v) is 14.3. The van der Waals surface area contributed by atoms with Gasteiger partial charge in [0.2, 0.25) is 0 Å². The Balaban J connectivity index is 2.09. The van der Waals surface area contributed by atoms with E-state index in [0.717, 1.165) is 22.2 Å². The molecule has 1 heterocycles. The van der Waals surface area contributed by atoms with E-state index < -0.39 is 6.10 Å². The molecule has 2 rings (SSSR count). The average Bonchev–Trinajstić information content (AvgIpc) is 2.84. The monoisotopic (exact) mass is 321 g/mol. The molecular formula is C16H23N3O2S. The van der Waals surface area contributed by atoms with Crippen molar-refractivity contribution in [2.24, 2.45) is 0 Å². The summed E-state index contributed by atoms with van der Waals surface area (Å²) in [5, 5.41) is 19.2. The summed E-state index contributed by atoms with van der Waals surface area (Å²) in [6, 6.07) is 8.13. The Bertz CT molecular complexity index is 613. The quantitative estimate of drug-likeness (QED) is 0.795. The highest BCUT2D eigenvalue weighted by atomic mass is 32.2. The number of rotatable bonds is 7. The van der Waals surface area contributed by atoms with Crippen LogP contribution in [0, 0.1) is 13.8 Å². The maximum Gasteiger partial charge on any atom is 0.195 e. The fraction of sp³-hybridized carbons (Fsp3) is 0.500. The summed E-state index contributed by atoms with van der Waals surface area (Å²) in [5.74, 6) is 1.36. The first-order chi connectivity index (χ1) is 10.5. The summed E-state index contributed by atoms with van der Waals surface area (Å²) in [7, 11) is 0. The second kappa shape index (κ2) is 7.76. The molecule has 0 radical (unpaired) electrons. The van der Waals surface area contributed by atoms with Gasteiger partial charge >= 0.3 is 0 Å². The summed E-state index contributed by atoms with van der Waals surface area (Å²) < 4.78 is 7.45. The van der Waals surface area contributed by atoms with E-state index in [4.69, 9.17) is 4.74 Å². The summed E-state index contributed by atoms with van der Waals surface area (Å²) >= 11 is 1.49. The third-order valence-electron chi connectivity index (χ3n) is 3.18. The lowest BCUT2D eigenvalue weighted by atomic mass is 10.2. The number of benzene rings is 1. The van der Waals surface area contributed by atoms with Crippen LogP contribution in [0.25, 0.3) is 5.69 Å². The maximum atomic E-state index is 9.98. The van der Waals surface area contributed by atoms with Gasteiger partial charge in [0.25, 0.3) is 0 Å². The van der Waals surface area contributed by atoms with Crippen LogP contribution in [0.5, 0.6) is 0 Å². The smallest absolute Gasteiger partial charge is 0.195 e. The van der Waals surface area contributed by atoms with Crippen LogP contribution in [0.1, 0.15) is 25.2 Å². The molecule has 0 saturated heterocycles. The van der Waals surface area contributed by atoms with Gasteiger partial charge in [0.1, 0.15) is 5.82 Å². The zero-order valence-electron chi connectivity index (χ0n) is 13.5. The maximum absolute atomic E-state index is 9.98. The molecule has 0 bridgehead atoms. The highest BCUT2D eigenvalue weighted by Gasteiger charge is 2.15. The number of thioether (sulfide) groups is 1. The molecule has 5 nitrogen and oxygen atoms in total. The number of aromatic nitrogens is 3. The van der Waals surface area contributed by atoms with Crippen LogP contribution in [0.2, 0.25) is 0 Å². The van der Waals surface area contributed by atoms with Gasteiger partial charge in [-0.3, -0.25) is 4.57 Å². The summed E-state index contributed by atoms with van der Waals surface area (Å²) in [5.41, 5.74) is 2.23.